The number of hydrogen-bond donors (Lipinski definition) is 4. The minimum absolute atomic E-state index is 0. The topological polar surface area (TPSA) is 229 Å². The first-order valence-corrected chi connectivity index (χ1v) is 8.54. The van der Waals surface area contributed by atoms with Gasteiger partial charge in [-0.15, -0.1) is 0 Å². The summed E-state index contributed by atoms with van der Waals surface area (Å²) in [5, 5.41) is 33.3. The summed E-state index contributed by atoms with van der Waals surface area (Å²) >= 11 is 0. The van der Waals surface area contributed by atoms with Crippen molar-refractivity contribution in [1.82, 2.24) is 0 Å². The van der Waals surface area contributed by atoms with Crippen LogP contribution in [0.4, 0.5) is 9.59 Å². The van der Waals surface area contributed by atoms with Gasteiger partial charge in [0, 0.05) is 6.26 Å². The summed E-state index contributed by atoms with van der Waals surface area (Å²) in [7, 11) is 0. The molecule has 0 aromatic heterocycles. The SMILES string of the molecule is N#C[O-].NC(=O)O[C@H]1CO[C@H]2[C@@H]1OC[C@@H]2OC(N)=O.O[C@H]1CO[C@H]2[C@@H]1OC[C@@H]2O.[Na+]. The molecule has 0 saturated carbocycles. The van der Waals surface area contributed by atoms with E-state index in [0.29, 0.717) is 6.26 Å². The molecule has 4 saturated heterocycles. The van der Waals surface area contributed by atoms with Crippen LogP contribution in [0.25, 0.3) is 0 Å². The molecule has 14 nitrogen and oxygen atoms in total. The summed E-state index contributed by atoms with van der Waals surface area (Å²) in [5.74, 6) is 0. The second-order valence-corrected chi connectivity index (χ2v) is 6.37. The van der Waals surface area contributed by atoms with Crippen LogP contribution in [0, 0.1) is 11.5 Å². The molecule has 0 aromatic carbocycles. The van der Waals surface area contributed by atoms with Crippen LogP contribution in [0.15, 0.2) is 0 Å². The van der Waals surface area contributed by atoms with Crippen LogP contribution in [0.5, 0.6) is 0 Å². The minimum Gasteiger partial charge on any atom is -0.812 e. The standard InChI is InChI=1S/C8H12N2O6.C6H10O4.CHNO.Na/c9-7(11)15-3-1-13-6-4(16-8(10)12)2-14-5(3)6;7-3-1-9-6-4(8)2-10-5(3)6;2-1-3;/h3-6H,1-2H2,(H2,9,11)(H2,10,12);3-8H,1-2H2;3H;/q;;;+1/p-1/t2*3-,4-,5+,6+;;/m00../s1. The Bertz CT molecular complexity index is 575. The number of carbonyl (C=O) groups is 2. The van der Waals surface area contributed by atoms with Crippen molar-refractivity contribution in [2.45, 2.75) is 48.8 Å². The van der Waals surface area contributed by atoms with Gasteiger partial charge >= 0.3 is 41.7 Å². The van der Waals surface area contributed by atoms with Crippen molar-refractivity contribution < 1.29 is 82.9 Å². The van der Waals surface area contributed by atoms with Crippen molar-refractivity contribution in [2.24, 2.45) is 11.5 Å². The Labute approximate surface area is 193 Å². The summed E-state index contributed by atoms with van der Waals surface area (Å²) in [6, 6.07) is 0. The zero-order valence-electron chi connectivity index (χ0n) is 16.1. The molecule has 0 unspecified atom stereocenters. The summed E-state index contributed by atoms with van der Waals surface area (Å²) in [5.41, 5.74) is 9.79. The Morgan fingerprint density at radius 1 is 0.833 bits per heavy atom. The second kappa shape index (κ2) is 12.4. The molecule has 0 aromatic rings. The van der Waals surface area contributed by atoms with Crippen LogP contribution >= 0.6 is 0 Å². The Morgan fingerprint density at radius 3 is 1.43 bits per heavy atom. The smallest absolute Gasteiger partial charge is 0.812 e. The zero-order chi connectivity index (χ0) is 21.6. The second-order valence-electron chi connectivity index (χ2n) is 6.37. The molecule has 4 heterocycles. The number of nitriles is 1. The third kappa shape index (κ3) is 6.80. The monoisotopic (exact) mass is 443 g/mol. The van der Waals surface area contributed by atoms with Gasteiger partial charge in [-0.3, -0.25) is 0 Å². The van der Waals surface area contributed by atoms with E-state index >= 15 is 0 Å². The number of fused-ring (bicyclic) bond motifs is 2. The minimum atomic E-state index is -0.892. The number of hydrogen-bond acceptors (Lipinski definition) is 12. The summed E-state index contributed by atoms with van der Waals surface area (Å²) in [6.45, 7) is 0.895. The third-order valence-corrected chi connectivity index (χ3v) is 4.50. The van der Waals surface area contributed by atoms with Gasteiger partial charge in [-0.2, -0.15) is 0 Å². The van der Waals surface area contributed by atoms with Crippen LogP contribution in [0.2, 0.25) is 0 Å². The maximum Gasteiger partial charge on any atom is 1.00 e. The van der Waals surface area contributed by atoms with Crippen molar-refractivity contribution >= 4 is 12.2 Å². The largest absolute Gasteiger partial charge is 1.00 e. The van der Waals surface area contributed by atoms with Crippen LogP contribution in [0.3, 0.4) is 0 Å². The van der Waals surface area contributed by atoms with Gasteiger partial charge in [0.2, 0.25) is 0 Å². The van der Waals surface area contributed by atoms with Gasteiger partial charge in [0.05, 0.1) is 26.4 Å². The van der Waals surface area contributed by atoms with E-state index in [1.165, 1.54) is 0 Å². The number of rotatable bonds is 2. The molecule has 4 rings (SSSR count). The number of amides is 2. The van der Waals surface area contributed by atoms with E-state index in [0.717, 1.165) is 0 Å². The number of nitrogens with zero attached hydrogens (tertiary/aromatic N) is 1. The van der Waals surface area contributed by atoms with E-state index in [2.05, 4.69) is 0 Å². The van der Waals surface area contributed by atoms with Crippen molar-refractivity contribution in [3.05, 3.63) is 0 Å². The Balaban J connectivity index is 0.000000276. The molecule has 8 atom stereocenters. The number of ether oxygens (including phenoxy) is 6. The fourth-order valence-corrected chi connectivity index (χ4v) is 3.39. The molecule has 0 spiro atoms. The van der Waals surface area contributed by atoms with Gasteiger partial charge in [0.1, 0.15) is 36.6 Å². The van der Waals surface area contributed by atoms with Crippen molar-refractivity contribution in [3.63, 3.8) is 0 Å². The molecule has 4 aliphatic heterocycles. The Morgan fingerprint density at radius 2 is 1.13 bits per heavy atom. The molecule has 2 amide bonds. The number of primary amides is 2. The van der Waals surface area contributed by atoms with Crippen molar-refractivity contribution in [1.29, 1.82) is 5.26 Å². The first kappa shape index (κ1) is 26.6. The third-order valence-electron chi connectivity index (χ3n) is 4.50. The van der Waals surface area contributed by atoms with E-state index in [-0.39, 0.29) is 68.2 Å². The number of aliphatic hydroxyl groups excluding tert-OH is 2. The van der Waals surface area contributed by atoms with Gasteiger partial charge < -0.3 is 55.2 Å². The predicted octanol–water partition coefficient (Wildman–Crippen LogP) is -6.95. The van der Waals surface area contributed by atoms with E-state index in [1.54, 1.807) is 0 Å². The maximum absolute atomic E-state index is 10.6. The van der Waals surface area contributed by atoms with E-state index in [1.807, 2.05) is 0 Å². The molecule has 30 heavy (non-hydrogen) atoms. The molecule has 164 valence electrons. The van der Waals surface area contributed by atoms with Crippen LogP contribution in [0.1, 0.15) is 0 Å². The average molecular weight is 443 g/mol. The summed E-state index contributed by atoms with van der Waals surface area (Å²) < 4.78 is 30.4. The molecule has 0 aliphatic carbocycles. The summed E-state index contributed by atoms with van der Waals surface area (Å²) in [6.07, 6.45) is -5.04. The number of carbonyl (C=O) groups excluding carboxylic acids is 2. The van der Waals surface area contributed by atoms with Crippen LogP contribution < -0.4 is 46.1 Å². The molecule has 15 heteroatoms. The summed E-state index contributed by atoms with van der Waals surface area (Å²) in [4.78, 5) is 21.2. The molecule has 4 aliphatic rings. The van der Waals surface area contributed by atoms with Gasteiger partial charge in [-0.05, 0) is 0 Å². The molecular formula is C15H22N3NaO11. The Hall–Kier alpha value is -1.41. The zero-order valence-corrected chi connectivity index (χ0v) is 18.1. The van der Waals surface area contributed by atoms with Gasteiger partial charge in [0.15, 0.2) is 12.2 Å². The molecule has 0 radical (unpaired) electrons. The van der Waals surface area contributed by atoms with Gasteiger partial charge in [-0.1, -0.05) is 0 Å². The molecule has 6 N–H and O–H groups in total. The molecule has 0 bridgehead atoms. The first-order chi connectivity index (χ1) is 13.8. The van der Waals surface area contributed by atoms with Crippen LogP contribution in [-0.4, -0.2) is 97.7 Å². The van der Waals surface area contributed by atoms with Gasteiger partial charge in [-0.25, -0.2) is 14.9 Å². The van der Waals surface area contributed by atoms with Gasteiger partial charge in [0.25, 0.3) is 0 Å². The van der Waals surface area contributed by atoms with E-state index in [4.69, 9.17) is 60.5 Å². The fourth-order valence-electron chi connectivity index (χ4n) is 3.39. The van der Waals surface area contributed by atoms with Crippen LogP contribution in [-0.2, 0) is 28.4 Å². The number of nitrogens with two attached hydrogens (primary N) is 2. The van der Waals surface area contributed by atoms with E-state index < -0.39 is 48.8 Å². The molecule has 4 fully saturated rings. The van der Waals surface area contributed by atoms with Crippen molar-refractivity contribution in [2.75, 3.05) is 26.4 Å². The molecular weight excluding hydrogens is 421 g/mol. The number of aliphatic hydroxyl groups is 2. The first-order valence-electron chi connectivity index (χ1n) is 8.54. The normalized spacial score (nSPS) is 37.6. The van der Waals surface area contributed by atoms with E-state index in [9.17, 15) is 9.59 Å². The maximum atomic E-state index is 10.6. The fraction of sp³-hybridized carbons (Fsp3) is 0.800. The Kier molecular flexibility index (Phi) is 11.0. The average Bonchev–Trinajstić information content (AvgIpc) is 3.37. The predicted molar refractivity (Wildman–Crippen MR) is 85.5 cm³/mol. The quantitative estimate of drug-likeness (QED) is 0.230. The van der Waals surface area contributed by atoms with Crippen molar-refractivity contribution in [3.8, 4) is 6.26 Å².